The number of amidine groups is 1. The number of carbonyl (C=O) groups excluding carboxylic acids is 3. The second kappa shape index (κ2) is 11.7. The van der Waals surface area contributed by atoms with E-state index in [1.165, 1.54) is 18.9 Å². The Morgan fingerprint density at radius 1 is 1.05 bits per heavy atom. The van der Waals surface area contributed by atoms with E-state index in [0.29, 0.717) is 57.1 Å². The molecule has 0 bridgehead atoms. The number of hydrogen-bond donors (Lipinski definition) is 0. The monoisotopic (exact) mass is 518 g/mol. The van der Waals surface area contributed by atoms with E-state index in [1.807, 2.05) is 19.9 Å². The molecule has 1 amide bonds. The second-order valence-electron chi connectivity index (χ2n) is 7.98. The number of carbonyl (C=O) groups is 3. The standard InChI is InChI=1S/C28H26N2O6S/c1-4-15-35-27(33)22-12-7-6-11-21(22)23-14-13-20(36-23)17-24-25(31)30(5-2)28(37-24)29-19-10-8-9-18(16-19)26(32)34-3/h6-14,16-17H,4-5,15H2,1-3H3. The van der Waals surface area contributed by atoms with E-state index < -0.39 is 11.9 Å². The summed E-state index contributed by atoms with van der Waals surface area (Å²) in [4.78, 5) is 44.0. The minimum atomic E-state index is -0.459. The number of methoxy groups -OCH3 is 1. The Labute approximate surface area is 219 Å². The average Bonchev–Trinajstić information content (AvgIpc) is 3.50. The summed E-state index contributed by atoms with van der Waals surface area (Å²) in [6.07, 6.45) is 2.39. The fraction of sp³-hybridized carbons (Fsp3) is 0.214. The van der Waals surface area contributed by atoms with E-state index in [2.05, 4.69) is 4.99 Å². The Morgan fingerprint density at radius 2 is 1.86 bits per heavy atom. The van der Waals surface area contributed by atoms with Crippen LogP contribution in [0.2, 0.25) is 0 Å². The van der Waals surface area contributed by atoms with Gasteiger partial charge in [0, 0.05) is 18.2 Å². The number of rotatable bonds is 8. The van der Waals surface area contributed by atoms with Crippen LogP contribution in [0.15, 0.2) is 75.0 Å². The molecule has 1 aliphatic rings. The summed E-state index contributed by atoms with van der Waals surface area (Å²) in [5.74, 6) is -0.110. The summed E-state index contributed by atoms with van der Waals surface area (Å²) in [5.41, 5.74) is 1.93. The van der Waals surface area contributed by atoms with E-state index in [-0.39, 0.29) is 5.91 Å². The van der Waals surface area contributed by atoms with Gasteiger partial charge in [0.25, 0.3) is 5.91 Å². The van der Waals surface area contributed by atoms with E-state index in [4.69, 9.17) is 13.9 Å². The summed E-state index contributed by atoms with van der Waals surface area (Å²) in [7, 11) is 1.32. The molecule has 1 aromatic heterocycles. The number of esters is 2. The molecule has 2 heterocycles. The number of likely N-dealkylation sites (N-methyl/N-ethyl adjacent to an activating group) is 1. The first kappa shape index (κ1) is 26.0. The number of hydrogen-bond acceptors (Lipinski definition) is 8. The van der Waals surface area contributed by atoms with Crippen LogP contribution in [-0.2, 0) is 14.3 Å². The van der Waals surface area contributed by atoms with Crippen molar-refractivity contribution in [2.45, 2.75) is 20.3 Å². The lowest BCUT2D eigenvalue weighted by molar-refractivity contribution is -0.122. The zero-order valence-electron chi connectivity index (χ0n) is 20.7. The summed E-state index contributed by atoms with van der Waals surface area (Å²) in [5, 5.41) is 0.497. The lowest BCUT2D eigenvalue weighted by atomic mass is 10.1. The van der Waals surface area contributed by atoms with Crippen LogP contribution in [0.1, 0.15) is 46.7 Å². The SMILES string of the molecule is CCCOC(=O)c1ccccc1-c1ccc(C=C2SC(=Nc3cccc(C(=O)OC)c3)N(CC)C2=O)o1. The Morgan fingerprint density at radius 3 is 2.62 bits per heavy atom. The molecule has 9 heteroatoms. The molecule has 37 heavy (non-hydrogen) atoms. The lowest BCUT2D eigenvalue weighted by Crippen LogP contribution is -2.28. The number of aliphatic imine (C=N–C) groups is 1. The highest BCUT2D eigenvalue weighted by molar-refractivity contribution is 8.18. The molecule has 1 saturated heterocycles. The van der Waals surface area contributed by atoms with Crippen LogP contribution < -0.4 is 0 Å². The van der Waals surface area contributed by atoms with Gasteiger partial charge in [-0.15, -0.1) is 0 Å². The Hall–Kier alpha value is -4.11. The van der Waals surface area contributed by atoms with Gasteiger partial charge in [-0.05, 0) is 61.5 Å². The Bertz CT molecular complexity index is 1390. The molecule has 0 saturated carbocycles. The third-order valence-electron chi connectivity index (χ3n) is 5.45. The van der Waals surface area contributed by atoms with Gasteiger partial charge in [0.15, 0.2) is 5.17 Å². The summed E-state index contributed by atoms with van der Waals surface area (Å²) < 4.78 is 16.1. The molecule has 2 aromatic carbocycles. The third-order valence-corrected chi connectivity index (χ3v) is 6.45. The molecule has 1 fully saturated rings. The van der Waals surface area contributed by atoms with Gasteiger partial charge in [-0.1, -0.05) is 31.2 Å². The normalized spacial score (nSPS) is 15.4. The molecule has 0 radical (unpaired) electrons. The van der Waals surface area contributed by atoms with Gasteiger partial charge in [-0.3, -0.25) is 9.69 Å². The number of benzene rings is 2. The number of amides is 1. The molecular weight excluding hydrogens is 492 g/mol. The van der Waals surface area contributed by atoms with Gasteiger partial charge < -0.3 is 13.9 Å². The zero-order valence-corrected chi connectivity index (χ0v) is 21.5. The van der Waals surface area contributed by atoms with Gasteiger partial charge in [0.05, 0.1) is 35.4 Å². The van der Waals surface area contributed by atoms with Crippen molar-refractivity contribution < 1.29 is 28.3 Å². The molecule has 190 valence electrons. The second-order valence-corrected chi connectivity index (χ2v) is 8.99. The van der Waals surface area contributed by atoms with E-state index in [1.54, 1.807) is 65.6 Å². The van der Waals surface area contributed by atoms with Crippen LogP contribution in [0.25, 0.3) is 17.4 Å². The molecule has 0 aliphatic carbocycles. The van der Waals surface area contributed by atoms with Crippen LogP contribution >= 0.6 is 11.8 Å². The predicted octanol–water partition coefficient (Wildman–Crippen LogP) is 5.92. The first-order valence-electron chi connectivity index (χ1n) is 11.8. The van der Waals surface area contributed by atoms with Crippen LogP contribution in [0.4, 0.5) is 5.69 Å². The van der Waals surface area contributed by atoms with Crippen molar-refractivity contribution in [1.29, 1.82) is 0 Å². The topological polar surface area (TPSA) is 98.4 Å². The van der Waals surface area contributed by atoms with Crippen molar-refractivity contribution in [3.05, 3.63) is 82.5 Å². The third kappa shape index (κ3) is 5.83. The number of thioether (sulfide) groups is 1. The maximum atomic E-state index is 13.1. The summed E-state index contributed by atoms with van der Waals surface area (Å²) in [6.45, 7) is 4.56. The summed E-state index contributed by atoms with van der Waals surface area (Å²) >= 11 is 1.22. The van der Waals surface area contributed by atoms with Gasteiger partial charge in [-0.25, -0.2) is 14.6 Å². The highest BCUT2D eigenvalue weighted by Crippen LogP contribution is 2.35. The number of ether oxygens (including phenoxy) is 2. The van der Waals surface area contributed by atoms with Crippen molar-refractivity contribution in [2.24, 2.45) is 4.99 Å². The first-order chi connectivity index (χ1) is 17.9. The van der Waals surface area contributed by atoms with E-state index in [0.717, 1.165) is 6.42 Å². The Kier molecular flexibility index (Phi) is 8.25. The summed E-state index contributed by atoms with van der Waals surface area (Å²) in [6, 6.07) is 17.3. The molecule has 8 nitrogen and oxygen atoms in total. The molecular formula is C28H26N2O6S. The van der Waals surface area contributed by atoms with Gasteiger partial charge in [0.1, 0.15) is 11.5 Å². The Balaban J connectivity index is 1.60. The predicted molar refractivity (Wildman–Crippen MR) is 143 cm³/mol. The average molecular weight is 519 g/mol. The smallest absolute Gasteiger partial charge is 0.338 e. The van der Waals surface area contributed by atoms with Gasteiger partial charge >= 0.3 is 11.9 Å². The highest BCUT2D eigenvalue weighted by atomic mass is 32.2. The maximum Gasteiger partial charge on any atom is 0.338 e. The van der Waals surface area contributed by atoms with Crippen LogP contribution in [-0.4, -0.2) is 48.2 Å². The van der Waals surface area contributed by atoms with E-state index >= 15 is 0 Å². The molecule has 0 N–H and O–H groups in total. The van der Waals surface area contributed by atoms with Gasteiger partial charge in [-0.2, -0.15) is 0 Å². The van der Waals surface area contributed by atoms with Crippen molar-refractivity contribution in [3.8, 4) is 11.3 Å². The largest absolute Gasteiger partial charge is 0.465 e. The molecule has 4 rings (SSSR count). The number of nitrogens with zero attached hydrogens (tertiary/aromatic N) is 2. The quantitative estimate of drug-likeness (QED) is 0.269. The minimum Gasteiger partial charge on any atom is -0.465 e. The fourth-order valence-corrected chi connectivity index (χ4v) is 4.70. The van der Waals surface area contributed by atoms with Crippen LogP contribution in [0, 0.1) is 0 Å². The number of furan rings is 1. The van der Waals surface area contributed by atoms with Crippen molar-refractivity contribution >= 4 is 46.5 Å². The van der Waals surface area contributed by atoms with Crippen molar-refractivity contribution in [2.75, 3.05) is 20.3 Å². The first-order valence-corrected chi connectivity index (χ1v) is 12.6. The van der Waals surface area contributed by atoms with Gasteiger partial charge in [0.2, 0.25) is 0 Å². The molecule has 3 aromatic rings. The molecule has 0 atom stereocenters. The molecule has 0 unspecified atom stereocenters. The van der Waals surface area contributed by atoms with E-state index in [9.17, 15) is 14.4 Å². The maximum absolute atomic E-state index is 13.1. The van der Waals surface area contributed by atoms with Crippen molar-refractivity contribution in [3.63, 3.8) is 0 Å². The minimum absolute atomic E-state index is 0.197. The van der Waals surface area contributed by atoms with Crippen LogP contribution in [0.3, 0.4) is 0 Å². The lowest BCUT2D eigenvalue weighted by Gasteiger charge is -2.12. The highest BCUT2D eigenvalue weighted by Gasteiger charge is 2.32. The molecule has 0 spiro atoms. The molecule has 1 aliphatic heterocycles. The van der Waals surface area contributed by atoms with Crippen molar-refractivity contribution in [1.82, 2.24) is 4.90 Å². The zero-order chi connectivity index (χ0) is 26.4. The fourth-order valence-electron chi connectivity index (χ4n) is 3.65. The van der Waals surface area contributed by atoms with Crippen LogP contribution in [0.5, 0.6) is 0 Å².